The van der Waals surface area contributed by atoms with Crippen LogP contribution < -0.4 is 10.1 Å². The van der Waals surface area contributed by atoms with Crippen LogP contribution in [0.2, 0.25) is 0 Å². The molecule has 20 heavy (non-hydrogen) atoms. The van der Waals surface area contributed by atoms with Crippen molar-refractivity contribution in [1.29, 1.82) is 0 Å². The van der Waals surface area contributed by atoms with Gasteiger partial charge in [0.1, 0.15) is 5.75 Å². The average Bonchev–Trinajstić information content (AvgIpc) is 3.09. The number of anilines is 1. The summed E-state index contributed by atoms with van der Waals surface area (Å²) in [6.45, 7) is 0. The van der Waals surface area contributed by atoms with E-state index in [0.29, 0.717) is 0 Å². The summed E-state index contributed by atoms with van der Waals surface area (Å²) in [6, 6.07) is 4.61. The lowest BCUT2D eigenvalue weighted by Crippen LogP contribution is -2.18. The van der Waals surface area contributed by atoms with Gasteiger partial charge in [-0.1, -0.05) is 0 Å². The Balaban J connectivity index is 1.91. The summed E-state index contributed by atoms with van der Waals surface area (Å²) in [4.78, 5) is 22.2. The van der Waals surface area contributed by atoms with Crippen molar-refractivity contribution in [2.75, 3.05) is 5.32 Å². The molecule has 0 heterocycles. The Hall–Kier alpha value is -2.25. The third-order valence-corrected chi connectivity index (χ3v) is 2.80. The Morgan fingerprint density at radius 1 is 1.20 bits per heavy atom. The van der Waals surface area contributed by atoms with E-state index < -0.39 is 35.8 Å². The lowest BCUT2D eigenvalue weighted by atomic mass is 10.2. The summed E-state index contributed by atoms with van der Waals surface area (Å²) in [5.41, 5.74) is 0.278. The van der Waals surface area contributed by atoms with Gasteiger partial charge in [-0.05, 0) is 30.7 Å². The zero-order chi connectivity index (χ0) is 14.9. The number of carbonyl (C=O) groups is 2. The Bertz CT molecular complexity index is 526. The van der Waals surface area contributed by atoms with Gasteiger partial charge >= 0.3 is 12.3 Å². The molecule has 108 valence electrons. The Kier molecular flexibility index (Phi) is 3.56. The SMILES string of the molecule is O=C(O)C1CC1C(=O)Nc1ccc(OC(F)(F)F)cc1. The van der Waals surface area contributed by atoms with Gasteiger partial charge in [0.05, 0.1) is 11.8 Å². The first-order chi connectivity index (χ1) is 9.26. The summed E-state index contributed by atoms with van der Waals surface area (Å²) in [6.07, 6.45) is -4.50. The number of halogens is 3. The maximum atomic E-state index is 11.9. The number of hydrogen-bond donors (Lipinski definition) is 2. The van der Waals surface area contributed by atoms with Gasteiger partial charge in [-0.15, -0.1) is 13.2 Å². The van der Waals surface area contributed by atoms with Crippen LogP contribution >= 0.6 is 0 Å². The van der Waals surface area contributed by atoms with Crippen molar-refractivity contribution in [3.63, 3.8) is 0 Å². The van der Waals surface area contributed by atoms with Crippen molar-refractivity contribution in [2.45, 2.75) is 12.8 Å². The second kappa shape index (κ2) is 5.03. The number of carboxylic acids is 1. The lowest BCUT2D eigenvalue weighted by Gasteiger charge is -2.09. The highest BCUT2D eigenvalue weighted by Gasteiger charge is 2.48. The van der Waals surface area contributed by atoms with Crippen molar-refractivity contribution in [2.24, 2.45) is 11.8 Å². The molecule has 0 spiro atoms. The van der Waals surface area contributed by atoms with E-state index in [1.807, 2.05) is 0 Å². The smallest absolute Gasteiger partial charge is 0.481 e. The maximum absolute atomic E-state index is 11.9. The number of nitrogens with one attached hydrogen (secondary N) is 1. The molecule has 2 N–H and O–H groups in total. The number of alkyl halides is 3. The van der Waals surface area contributed by atoms with E-state index in [0.717, 1.165) is 12.1 Å². The van der Waals surface area contributed by atoms with Crippen molar-refractivity contribution < 1.29 is 32.6 Å². The molecule has 1 aliphatic carbocycles. The highest BCUT2D eigenvalue weighted by atomic mass is 19.4. The molecule has 2 rings (SSSR count). The molecule has 2 unspecified atom stereocenters. The summed E-state index contributed by atoms with van der Waals surface area (Å²) in [7, 11) is 0. The van der Waals surface area contributed by atoms with E-state index in [4.69, 9.17) is 5.11 Å². The highest BCUT2D eigenvalue weighted by molar-refractivity contribution is 5.98. The van der Waals surface area contributed by atoms with Crippen molar-refractivity contribution in [3.05, 3.63) is 24.3 Å². The third kappa shape index (κ3) is 3.62. The zero-order valence-electron chi connectivity index (χ0n) is 9.98. The van der Waals surface area contributed by atoms with E-state index in [-0.39, 0.29) is 12.1 Å². The molecule has 2 atom stereocenters. The number of carbonyl (C=O) groups excluding carboxylic acids is 1. The predicted octanol–water partition coefficient (Wildman–Crippen LogP) is 2.24. The van der Waals surface area contributed by atoms with Gasteiger partial charge in [0, 0.05) is 5.69 Å². The Labute approximate surface area is 111 Å². The van der Waals surface area contributed by atoms with Gasteiger partial charge in [0.25, 0.3) is 0 Å². The molecular formula is C12H10F3NO4. The van der Waals surface area contributed by atoms with Gasteiger partial charge in [-0.2, -0.15) is 0 Å². The van der Waals surface area contributed by atoms with Gasteiger partial charge in [-0.25, -0.2) is 0 Å². The molecule has 8 heteroatoms. The van der Waals surface area contributed by atoms with Crippen LogP contribution in [-0.2, 0) is 9.59 Å². The molecule has 1 aromatic carbocycles. The van der Waals surface area contributed by atoms with Gasteiger partial charge < -0.3 is 15.2 Å². The fourth-order valence-electron chi connectivity index (χ4n) is 1.73. The van der Waals surface area contributed by atoms with Crippen LogP contribution in [0.5, 0.6) is 5.75 Å². The number of ether oxygens (including phenoxy) is 1. The summed E-state index contributed by atoms with van der Waals surface area (Å²) >= 11 is 0. The monoisotopic (exact) mass is 289 g/mol. The first-order valence-electron chi connectivity index (χ1n) is 5.66. The predicted molar refractivity (Wildman–Crippen MR) is 61.0 cm³/mol. The second-order valence-electron chi connectivity index (χ2n) is 4.35. The molecule has 0 radical (unpaired) electrons. The molecule has 0 bridgehead atoms. The molecular weight excluding hydrogens is 279 g/mol. The van der Waals surface area contributed by atoms with Crippen LogP contribution in [0.3, 0.4) is 0 Å². The number of amides is 1. The molecule has 1 fully saturated rings. The quantitative estimate of drug-likeness (QED) is 0.891. The van der Waals surface area contributed by atoms with Crippen LogP contribution in [0, 0.1) is 11.8 Å². The summed E-state index contributed by atoms with van der Waals surface area (Å²) in [5, 5.41) is 11.1. The molecule has 1 aliphatic rings. The number of rotatable bonds is 4. The summed E-state index contributed by atoms with van der Waals surface area (Å²) in [5.74, 6) is -3.15. The number of benzene rings is 1. The van der Waals surface area contributed by atoms with Crippen LogP contribution in [0.15, 0.2) is 24.3 Å². The Morgan fingerprint density at radius 2 is 1.80 bits per heavy atom. The first kappa shape index (κ1) is 14.2. The zero-order valence-corrected chi connectivity index (χ0v) is 9.98. The van der Waals surface area contributed by atoms with Gasteiger partial charge in [-0.3, -0.25) is 9.59 Å². The molecule has 5 nitrogen and oxygen atoms in total. The van der Waals surface area contributed by atoms with Crippen LogP contribution in [-0.4, -0.2) is 23.3 Å². The van der Waals surface area contributed by atoms with E-state index >= 15 is 0 Å². The van der Waals surface area contributed by atoms with Gasteiger partial charge in [0.15, 0.2) is 0 Å². The minimum atomic E-state index is -4.77. The molecule has 0 aromatic heterocycles. The largest absolute Gasteiger partial charge is 0.573 e. The lowest BCUT2D eigenvalue weighted by molar-refractivity contribution is -0.274. The van der Waals surface area contributed by atoms with Crippen molar-refractivity contribution >= 4 is 17.6 Å². The fourth-order valence-corrected chi connectivity index (χ4v) is 1.73. The van der Waals surface area contributed by atoms with Gasteiger partial charge in [0.2, 0.25) is 5.91 Å². The van der Waals surface area contributed by atoms with E-state index in [1.54, 1.807) is 0 Å². The second-order valence-corrected chi connectivity index (χ2v) is 4.35. The minimum Gasteiger partial charge on any atom is -0.481 e. The highest BCUT2D eigenvalue weighted by Crippen LogP contribution is 2.39. The molecule has 1 amide bonds. The number of aliphatic carboxylic acids is 1. The van der Waals surface area contributed by atoms with E-state index in [2.05, 4.69) is 10.1 Å². The van der Waals surface area contributed by atoms with Crippen molar-refractivity contribution in [3.8, 4) is 5.75 Å². The standard InChI is InChI=1S/C12H10F3NO4/c13-12(14,15)20-7-3-1-6(2-4-7)16-10(17)8-5-9(8)11(18)19/h1-4,8-9H,5H2,(H,16,17)(H,18,19). The van der Waals surface area contributed by atoms with Crippen LogP contribution in [0.25, 0.3) is 0 Å². The molecule has 0 saturated heterocycles. The van der Waals surface area contributed by atoms with E-state index in [9.17, 15) is 22.8 Å². The summed E-state index contributed by atoms with van der Waals surface area (Å²) < 4.78 is 39.5. The average molecular weight is 289 g/mol. The topological polar surface area (TPSA) is 75.6 Å². The number of carboxylic acid groups (broad SMARTS) is 1. The Morgan fingerprint density at radius 3 is 2.25 bits per heavy atom. The minimum absolute atomic E-state index is 0.274. The van der Waals surface area contributed by atoms with Crippen LogP contribution in [0.1, 0.15) is 6.42 Å². The first-order valence-corrected chi connectivity index (χ1v) is 5.66. The fraction of sp³-hybridized carbons (Fsp3) is 0.333. The molecule has 1 saturated carbocycles. The maximum Gasteiger partial charge on any atom is 0.573 e. The third-order valence-electron chi connectivity index (χ3n) is 2.80. The molecule has 0 aliphatic heterocycles. The number of hydrogen-bond acceptors (Lipinski definition) is 3. The normalized spacial score (nSPS) is 21.1. The molecule has 1 aromatic rings. The van der Waals surface area contributed by atoms with Crippen molar-refractivity contribution in [1.82, 2.24) is 0 Å². The van der Waals surface area contributed by atoms with Crippen LogP contribution in [0.4, 0.5) is 18.9 Å². The van der Waals surface area contributed by atoms with E-state index in [1.165, 1.54) is 12.1 Å².